The lowest BCUT2D eigenvalue weighted by molar-refractivity contribution is -0.118. The molecule has 0 aliphatic heterocycles. The number of hydrazine groups is 1. The average Bonchev–Trinajstić information content (AvgIpc) is 3.02. The van der Waals surface area contributed by atoms with Gasteiger partial charge in [-0.2, -0.15) is 0 Å². The maximum atomic E-state index is 13.7. The Hall–Kier alpha value is -4.51. The van der Waals surface area contributed by atoms with Gasteiger partial charge in [-0.3, -0.25) is 19.6 Å². The molecule has 0 aliphatic carbocycles. The summed E-state index contributed by atoms with van der Waals surface area (Å²) in [6.07, 6.45) is 1.40. The van der Waals surface area contributed by atoms with Crippen molar-refractivity contribution < 1.29 is 14.3 Å². The van der Waals surface area contributed by atoms with Crippen LogP contribution in [0.15, 0.2) is 77.6 Å². The second-order valence-corrected chi connectivity index (χ2v) is 13.1. The Morgan fingerprint density at radius 3 is 2.32 bits per heavy atom. The molecule has 10 nitrogen and oxygen atoms in total. The van der Waals surface area contributed by atoms with Gasteiger partial charge in [0, 0.05) is 30.8 Å². The number of aryl methyl sites for hydroxylation is 1. The van der Waals surface area contributed by atoms with Crippen molar-refractivity contribution in [1.29, 1.82) is 0 Å². The third kappa shape index (κ3) is 10.2. The van der Waals surface area contributed by atoms with Gasteiger partial charge in [-0.1, -0.05) is 63.2 Å². The summed E-state index contributed by atoms with van der Waals surface area (Å²) in [7, 11) is 7.80. The van der Waals surface area contributed by atoms with Gasteiger partial charge in [0.1, 0.15) is 11.4 Å². The minimum absolute atomic E-state index is 0.0383. The maximum absolute atomic E-state index is 13.7. The largest absolute Gasteiger partial charge is 0.494 e. The molecule has 0 aromatic heterocycles. The van der Waals surface area contributed by atoms with Gasteiger partial charge in [0.25, 0.3) is 11.8 Å². The van der Waals surface area contributed by atoms with Crippen LogP contribution >= 0.6 is 0 Å². The third-order valence-corrected chi connectivity index (χ3v) is 7.91. The second-order valence-electron chi connectivity index (χ2n) is 13.1. The lowest BCUT2D eigenvalue weighted by Gasteiger charge is -2.26. The fraction of sp³-hybridized carbons (Fsp3) is 0.378. The van der Waals surface area contributed by atoms with E-state index in [1.165, 1.54) is 11.2 Å². The van der Waals surface area contributed by atoms with Gasteiger partial charge >= 0.3 is 0 Å². The Morgan fingerprint density at radius 1 is 1.04 bits per heavy atom. The van der Waals surface area contributed by atoms with Crippen molar-refractivity contribution in [2.24, 2.45) is 10.8 Å². The second kappa shape index (κ2) is 16.4. The summed E-state index contributed by atoms with van der Waals surface area (Å²) in [5.74, 6) is 6.30. The summed E-state index contributed by atoms with van der Waals surface area (Å²) in [5.41, 5.74) is 5.22. The van der Waals surface area contributed by atoms with Crippen LogP contribution in [0.1, 0.15) is 66.3 Å². The number of ether oxygens (including phenoxy) is 1. The van der Waals surface area contributed by atoms with Crippen LogP contribution < -0.4 is 26.2 Å². The van der Waals surface area contributed by atoms with Gasteiger partial charge in [-0.05, 0) is 82.0 Å². The molecule has 0 heterocycles. The summed E-state index contributed by atoms with van der Waals surface area (Å²) in [6.45, 7) is 16.2. The van der Waals surface area contributed by atoms with Crippen LogP contribution in [-0.4, -0.2) is 69.7 Å². The van der Waals surface area contributed by atoms with E-state index in [4.69, 9.17) is 10.6 Å². The van der Waals surface area contributed by atoms with Gasteiger partial charge < -0.3 is 25.2 Å². The van der Waals surface area contributed by atoms with E-state index >= 15 is 0 Å². The zero-order valence-corrected chi connectivity index (χ0v) is 29.3. The monoisotopic (exact) mass is 641 g/mol. The molecule has 0 spiro atoms. The number of nitrogens with zero attached hydrogens (tertiary/aromatic N) is 4. The van der Waals surface area contributed by atoms with E-state index in [2.05, 4.69) is 80.1 Å². The van der Waals surface area contributed by atoms with E-state index < -0.39 is 5.91 Å². The normalized spacial score (nSPS) is 12.6. The van der Waals surface area contributed by atoms with Crippen molar-refractivity contribution in [3.05, 3.63) is 100 Å². The fourth-order valence-corrected chi connectivity index (χ4v) is 5.01. The number of rotatable bonds is 14. The Balaban J connectivity index is 1.89. The number of carbonyl (C=O) groups is 2. The van der Waals surface area contributed by atoms with E-state index in [-0.39, 0.29) is 23.1 Å². The molecule has 0 fully saturated rings. The van der Waals surface area contributed by atoms with Crippen molar-refractivity contribution in [2.45, 2.75) is 52.6 Å². The number of hydrogen-bond donors (Lipinski definition) is 3. The first-order valence-electron chi connectivity index (χ1n) is 15.7. The predicted molar refractivity (Wildman–Crippen MR) is 193 cm³/mol. The van der Waals surface area contributed by atoms with Crippen LogP contribution in [0, 0.1) is 6.92 Å². The standard InChI is InChI=1S/C37H51N7O3/c1-25-16-17-28(21-33(25)44(38)24-32(39-6)36(46)40-26(2)27-14-12-11-13-15-27)35(45)41-31-22-30(37(3,4)5)20-29(34(31)47-10)23-43(9)19-18-42(7)8/h11-17,20-22,24,26H,6,18-19,23,38H2,1-5,7-10H3,(H,40,46)(H,41,45)/b32-24-. The molecular weight excluding hydrogens is 590 g/mol. The van der Waals surface area contributed by atoms with Crippen molar-refractivity contribution in [2.75, 3.05) is 51.7 Å². The summed E-state index contributed by atoms with van der Waals surface area (Å²) >= 11 is 0. The van der Waals surface area contributed by atoms with Crippen molar-refractivity contribution in [3.63, 3.8) is 0 Å². The van der Waals surface area contributed by atoms with Gasteiger partial charge in [0.05, 0.1) is 30.7 Å². The molecule has 3 rings (SSSR count). The molecule has 0 saturated heterocycles. The predicted octanol–water partition coefficient (Wildman–Crippen LogP) is 5.65. The first kappa shape index (κ1) is 37.0. The molecule has 0 radical (unpaired) electrons. The highest BCUT2D eigenvalue weighted by molar-refractivity contribution is 6.06. The molecule has 252 valence electrons. The lowest BCUT2D eigenvalue weighted by Crippen LogP contribution is -2.31. The number of hydrogen-bond acceptors (Lipinski definition) is 8. The Bertz CT molecular complexity index is 1580. The minimum Gasteiger partial charge on any atom is -0.494 e. The highest BCUT2D eigenvalue weighted by Gasteiger charge is 2.22. The number of likely N-dealkylation sites (N-methyl/N-ethyl adjacent to an activating group) is 2. The molecule has 1 atom stereocenters. The number of methoxy groups -OCH3 is 1. The number of amides is 2. The summed E-state index contributed by atoms with van der Waals surface area (Å²) in [6, 6.07) is 18.7. The van der Waals surface area contributed by atoms with E-state index in [0.29, 0.717) is 29.2 Å². The maximum Gasteiger partial charge on any atom is 0.271 e. The van der Waals surface area contributed by atoms with Gasteiger partial charge in [0.15, 0.2) is 0 Å². The molecule has 10 heteroatoms. The van der Waals surface area contributed by atoms with E-state index in [1.807, 2.05) is 56.3 Å². The topological polar surface area (TPSA) is 116 Å². The van der Waals surface area contributed by atoms with Gasteiger partial charge in [-0.15, -0.1) is 0 Å². The van der Waals surface area contributed by atoms with Crippen molar-refractivity contribution in [1.82, 2.24) is 15.1 Å². The third-order valence-electron chi connectivity index (χ3n) is 7.91. The average molecular weight is 642 g/mol. The molecule has 4 N–H and O–H groups in total. The van der Waals surface area contributed by atoms with E-state index in [1.54, 1.807) is 19.2 Å². The number of nitrogens with two attached hydrogens (primary N) is 1. The van der Waals surface area contributed by atoms with Crippen LogP contribution in [0.5, 0.6) is 5.75 Å². The number of carbonyl (C=O) groups excluding carboxylic acids is 2. The fourth-order valence-electron chi connectivity index (χ4n) is 5.01. The van der Waals surface area contributed by atoms with Crippen LogP contribution in [0.3, 0.4) is 0 Å². The van der Waals surface area contributed by atoms with Crippen LogP contribution in [0.4, 0.5) is 11.4 Å². The van der Waals surface area contributed by atoms with Gasteiger partial charge in [-0.25, -0.2) is 5.84 Å². The Kier molecular flexibility index (Phi) is 12.9. The molecule has 3 aromatic rings. The number of anilines is 2. The molecular formula is C37H51N7O3. The smallest absolute Gasteiger partial charge is 0.271 e. The number of benzene rings is 3. The first-order chi connectivity index (χ1) is 22.1. The highest BCUT2D eigenvalue weighted by atomic mass is 16.5. The SMILES string of the molecule is C=N/C(=C\N(N)c1cc(C(=O)Nc2cc(C(C)(C)C)cc(CN(C)CCN(C)C)c2OC)ccc1C)C(=O)NC(C)c1ccccc1. The molecule has 1 unspecified atom stereocenters. The van der Waals surface area contributed by atoms with E-state index in [0.717, 1.165) is 35.3 Å². The molecule has 0 aliphatic rings. The summed E-state index contributed by atoms with van der Waals surface area (Å²) < 4.78 is 5.88. The number of nitrogens with one attached hydrogen (secondary N) is 2. The highest BCUT2D eigenvalue weighted by Crippen LogP contribution is 2.36. The van der Waals surface area contributed by atoms with Crippen LogP contribution in [-0.2, 0) is 16.8 Å². The minimum atomic E-state index is -0.424. The summed E-state index contributed by atoms with van der Waals surface area (Å²) in [4.78, 5) is 35.1. The van der Waals surface area contributed by atoms with Crippen LogP contribution in [0.25, 0.3) is 0 Å². The molecule has 0 saturated carbocycles. The zero-order valence-electron chi connectivity index (χ0n) is 29.3. The Labute approximate surface area is 280 Å². The van der Waals surface area contributed by atoms with Crippen molar-refractivity contribution in [3.8, 4) is 5.75 Å². The van der Waals surface area contributed by atoms with Crippen molar-refractivity contribution >= 4 is 29.9 Å². The molecule has 2 amide bonds. The molecule has 47 heavy (non-hydrogen) atoms. The van der Waals surface area contributed by atoms with Gasteiger partial charge in [0.2, 0.25) is 0 Å². The zero-order chi connectivity index (χ0) is 34.9. The summed E-state index contributed by atoms with van der Waals surface area (Å²) in [5, 5.41) is 7.30. The lowest BCUT2D eigenvalue weighted by atomic mass is 9.85. The number of aliphatic imine (C=N–C) groups is 1. The van der Waals surface area contributed by atoms with E-state index in [9.17, 15) is 9.59 Å². The Morgan fingerprint density at radius 2 is 1.72 bits per heavy atom. The molecule has 3 aromatic carbocycles. The first-order valence-corrected chi connectivity index (χ1v) is 15.7. The quantitative estimate of drug-likeness (QED) is 0.0903. The van der Waals surface area contributed by atoms with Crippen LogP contribution in [0.2, 0.25) is 0 Å². The molecule has 0 bridgehead atoms.